The molecule has 0 saturated carbocycles. The Labute approximate surface area is 112 Å². The number of benzene rings is 1. The van der Waals surface area contributed by atoms with Gasteiger partial charge in [0.25, 0.3) is 0 Å². The number of nitrogens with one attached hydrogen (secondary N) is 1. The maximum absolute atomic E-state index is 13.5. The molecule has 0 atom stereocenters. The third-order valence-electron chi connectivity index (χ3n) is 3.09. The van der Waals surface area contributed by atoms with E-state index >= 15 is 0 Å². The Morgan fingerprint density at radius 1 is 1.28 bits per heavy atom. The number of rotatable bonds is 6. The van der Waals surface area contributed by atoms with Crippen LogP contribution in [0.15, 0.2) is 29.2 Å². The average molecular weight is 294 g/mol. The molecule has 0 aliphatic carbocycles. The average Bonchev–Trinajstić information content (AvgIpc) is 2.36. The molecule has 102 valence electrons. The Morgan fingerprint density at radius 2 is 1.83 bits per heavy atom. The van der Waals surface area contributed by atoms with Crippen LogP contribution in [0.4, 0.5) is 4.39 Å². The van der Waals surface area contributed by atoms with Gasteiger partial charge in [-0.1, -0.05) is 26.0 Å². The second-order valence-corrected chi connectivity index (χ2v) is 6.08. The Bertz CT molecular complexity index is 492. The van der Waals surface area contributed by atoms with Crippen molar-refractivity contribution in [3.8, 4) is 0 Å². The molecule has 6 heteroatoms. The predicted octanol–water partition coefficient (Wildman–Crippen LogP) is 2.90. The van der Waals surface area contributed by atoms with Crippen LogP contribution in [0.25, 0.3) is 0 Å². The number of hydrogen-bond donors (Lipinski definition) is 1. The molecule has 0 spiro atoms. The molecule has 0 aliphatic rings. The van der Waals surface area contributed by atoms with Gasteiger partial charge in [-0.15, -0.1) is 11.6 Å². The van der Waals surface area contributed by atoms with E-state index in [9.17, 15) is 12.8 Å². The van der Waals surface area contributed by atoms with Gasteiger partial charge in [0, 0.05) is 11.4 Å². The standard InChI is InChI=1S/C12H17ClFNO2S/c1-3-12(4-2,9-13)15-18(16,17)11-8-6-5-7-10(11)14/h5-8,15H,3-4,9H2,1-2H3. The van der Waals surface area contributed by atoms with Crippen LogP contribution in [-0.4, -0.2) is 19.8 Å². The van der Waals surface area contributed by atoms with E-state index in [2.05, 4.69) is 4.72 Å². The smallest absolute Gasteiger partial charge is 0.207 e. The molecule has 0 fully saturated rings. The highest BCUT2D eigenvalue weighted by molar-refractivity contribution is 7.89. The Kier molecular flexibility index (Phi) is 5.13. The van der Waals surface area contributed by atoms with Crippen LogP contribution in [-0.2, 0) is 10.0 Å². The third-order valence-corrected chi connectivity index (χ3v) is 5.21. The van der Waals surface area contributed by atoms with Gasteiger partial charge in [-0.3, -0.25) is 0 Å². The molecular weight excluding hydrogens is 277 g/mol. The minimum atomic E-state index is -3.89. The van der Waals surface area contributed by atoms with E-state index in [4.69, 9.17) is 11.6 Å². The summed E-state index contributed by atoms with van der Waals surface area (Å²) in [6.07, 6.45) is 1.08. The summed E-state index contributed by atoms with van der Waals surface area (Å²) < 4.78 is 40.3. The van der Waals surface area contributed by atoms with Gasteiger partial charge >= 0.3 is 0 Å². The summed E-state index contributed by atoms with van der Waals surface area (Å²) in [7, 11) is -3.89. The van der Waals surface area contributed by atoms with Crippen LogP contribution < -0.4 is 4.72 Å². The summed E-state index contributed by atoms with van der Waals surface area (Å²) in [5.41, 5.74) is -0.733. The second kappa shape index (κ2) is 5.99. The molecule has 0 unspecified atom stereocenters. The lowest BCUT2D eigenvalue weighted by Gasteiger charge is -2.30. The first-order valence-electron chi connectivity index (χ1n) is 5.75. The molecule has 0 aromatic heterocycles. The van der Waals surface area contributed by atoms with E-state index in [1.54, 1.807) is 0 Å². The lowest BCUT2D eigenvalue weighted by Crippen LogP contribution is -2.49. The Hall–Kier alpha value is -0.650. The summed E-state index contributed by atoms with van der Waals surface area (Å²) in [4.78, 5) is -0.346. The van der Waals surface area contributed by atoms with Gasteiger partial charge in [0.1, 0.15) is 10.7 Å². The third kappa shape index (κ3) is 3.22. The predicted molar refractivity (Wildman–Crippen MR) is 70.8 cm³/mol. The van der Waals surface area contributed by atoms with Crippen LogP contribution >= 0.6 is 11.6 Å². The molecule has 0 heterocycles. The second-order valence-electron chi connectivity index (χ2n) is 4.16. The van der Waals surface area contributed by atoms with Crippen LogP contribution in [0, 0.1) is 5.82 Å². The minimum absolute atomic E-state index is 0.147. The van der Waals surface area contributed by atoms with Gasteiger partial charge in [-0.05, 0) is 25.0 Å². The number of alkyl halides is 1. The highest BCUT2D eigenvalue weighted by Gasteiger charge is 2.32. The summed E-state index contributed by atoms with van der Waals surface area (Å²) in [5, 5.41) is 0. The quantitative estimate of drug-likeness (QED) is 0.820. The Morgan fingerprint density at radius 3 is 2.28 bits per heavy atom. The van der Waals surface area contributed by atoms with Crippen molar-refractivity contribution >= 4 is 21.6 Å². The van der Waals surface area contributed by atoms with Gasteiger partial charge in [0.05, 0.1) is 0 Å². The lowest BCUT2D eigenvalue weighted by atomic mass is 9.97. The van der Waals surface area contributed by atoms with Crippen molar-refractivity contribution in [2.24, 2.45) is 0 Å². The van der Waals surface area contributed by atoms with Gasteiger partial charge < -0.3 is 0 Å². The van der Waals surface area contributed by atoms with Crippen molar-refractivity contribution in [1.29, 1.82) is 0 Å². The maximum Gasteiger partial charge on any atom is 0.244 e. The van der Waals surface area contributed by atoms with E-state index in [0.717, 1.165) is 6.07 Å². The van der Waals surface area contributed by atoms with Gasteiger partial charge in [-0.2, -0.15) is 0 Å². The van der Waals surface area contributed by atoms with E-state index in [1.807, 2.05) is 13.8 Å². The zero-order valence-corrected chi connectivity index (χ0v) is 12.0. The van der Waals surface area contributed by atoms with Gasteiger partial charge in [0.15, 0.2) is 0 Å². The van der Waals surface area contributed by atoms with Crippen LogP contribution in [0.1, 0.15) is 26.7 Å². The van der Waals surface area contributed by atoms with E-state index in [-0.39, 0.29) is 10.8 Å². The highest BCUT2D eigenvalue weighted by atomic mass is 35.5. The molecule has 3 nitrogen and oxygen atoms in total. The summed E-state index contributed by atoms with van der Waals surface area (Å²) >= 11 is 5.84. The molecule has 0 radical (unpaired) electrons. The minimum Gasteiger partial charge on any atom is -0.207 e. The Balaban J connectivity index is 3.13. The van der Waals surface area contributed by atoms with Crippen molar-refractivity contribution in [3.05, 3.63) is 30.1 Å². The highest BCUT2D eigenvalue weighted by Crippen LogP contribution is 2.22. The molecule has 1 N–H and O–H groups in total. The van der Waals surface area contributed by atoms with E-state index < -0.39 is 21.4 Å². The fraction of sp³-hybridized carbons (Fsp3) is 0.500. The van der Waals surface area contributed by atoms with Gasteiger partial charge in [-0.25, -0.2) is 17.5 Å². The van der Waals surface area contributed by atoms with Crippen molar-refractivity contribution < 1.29 is 12.8 Å². The molecule has 0 bridgehead atoms. The van der Waals surface area contributed by atoms with Crippen molar-refractivity contribution in [2.75, 3.05) is 5.88 Å². The normalized spacial score (nSPS) is 12.7. The first kappa shape index (κ1) is 15.4. The fourth-order valence-electron chi connectivity index (χ4n) is 1.61. The van der Waals surface area contributed by atoms with Crippen LogP contribution in [0.3, 0.4) is 0 Å². The summed E-state index contributed by atoms with van der Waals surface area (Å²) in [6, 6.07) is 5.29. The number of halogens is 2. The monoisotopic (exact) mass is 293 g/mol. The lowest BCUT2D eigenvalue weighted by molar-refractivity contribution is 0.392. The topological polar surface area (TPSA) is 46.2 Å². The van der Waals surface area contributed by atoms with E-state index in [1.165, 1.54) is 18.2 Å². The zero-order valence-electron chi connectivity index (χ0n) is 10.4. The summed E-state index contributed by atoms with van der Waals surface area (Å²) in [6.45, 7) is 3.69. The SMILES string of the molecule is CCC(CC)(CCl)NS(=O)(=O)c1ccccc1F. The number of hydrogen-bond acceptors (Lipinski definition) is 2. The first-order chi connectivity index (χ1) is 8.40. The molecule has 1 aromatic rings. The molecule has 0 aliphatic heterocycles. The van der Waals surface area contributed by atoms with Crippen molar-refractivity contribution in [1.82, 2.24) is 4.72 Å². The number of sulfonamides is 1. The zero-order chi connectivity index (χ0) is 13.8. The van der Waals surface area contributed by atoms with Crippen molar-refractivity contribution in [2.45, 2.75) is 37.1 Å². The molecule has 0 amide bonds. The van der Waals surface area contributed by atoms with Gasteiger partial charge in [0.2, 0.25) is 10.0 Å². The molecule has 18 heavy (non-hydrogen) atoms. The molecular formula is C12H17ClFNO2S. The van der Waals surface area contributed by atoms with Crippen molar-refractivity contribution in [3.63, 3.8) is 0 Å². The van der Waals surface area contributed by atoms with Crippen LogP contribution in [0.2, 0.25) is 0 Å². The largest absolute Gasteiger partial charge is 0.244 e. The fourth-order valence-corrected chi connectivity index (χ4v) is 3.76. The van der Waals surface area contributed by atoms with Crippen LogP contribution in [0.5, 0.6) is 0 Å². The van der Waals surface area contributed by atoms with E-state index in [0.29, 0.717) is 12.8 Å². The molecule has 1 aromatic carbocycles. The maximum atomic E-state index is 13.5. The first-order valence-corrected chi connectivity index (χ1v) is 7.77. The summed E-state index contributed by atoms with van der Waals surface area (Å²) in [5.74, 6) is -0.617. The molecule has 1 rings (SSSR count). The molecule has 0 saturated heterocycles.